The quantitative estimate of drug-likeness (QED) is 0.771. The molecule has 1 aromatic carbocycles. The van der Waals surface area contributed by atoms with Crippen LogP contribution in [0.1, 0.15) is 18.1 Å². The molecule has 104 valence electrons. The predicted molar refractivity (Wildman–Crippen MR) is 81.6 cm³/mol. The van der Waals surface area contributed by atoms with Crippen molar-refractivity contribution in [1.82, 2.24) is 19.7 Å². The standard InChI is InChI=1S/C16H20N4/c1-3-17-9-13-4-5-16-15(8-13)6-7-20(16)12-14-10-18-19(2)11-14/h4-8,10-11,17H,3,9,12H2,1-2H3. The number of nitrogens with one attached hydrogen (secondary N) is 1. The van der Waals surface area contributed by atoms with E-state index in [0.29, 0.717) is 0 Å². The van der Waals surface area contributed by atoms with E-state index in [2.05, 4.69) is 58.6 Å². The average molecular weight is 268 g/mol. The van der Waals surface area contributed by atoms with Crippen molar-refractivity contribution in [2.24, 2.45) is 7.05 Å². The zero-order valence-corrected chi connectivity index (χ0v) is 12.0. The normalized spacial score (nSPS) is 11.3. The first-order valence-corrected chi connectivity index (χ1v) is 7.02. The van der Waals surface area contributed by atoms with Crippen molar-refractivity contribution >= 4 is 10.9 Å². The van der Waals surface area contributed by atoms with Crippen LogP contribution in [0.5, 0.6) is 0 Å². The first-order chi connectivity index (χ1) is 9.76. The van der Waals surface area contributed by atoms with Crippen LogP contribution in [-0.4, -0.2) is 20.9 Å². The molecule has 0 aliphatic rings. The van der Waals surface area contributed by atoms with Gasteiger partial charge in [0.25, 0.3) is 0 Å². The summed E-state index contributed by atoms with van der Waals surface area (Å²) in [7, 11) is 1.95. The SMILES string of the molecule is CCNCc1ccc2c(ccn2Cc2cnn(C)c2)c1. The summed E-state index contributed by atoms with van der Waals surface area (Å²) in [6.45, 7) is 4.92. The van der Waals surface area contributed by atoms with Gasteiger partial charge < -0.3 is 9.88 Å². The number of rotatable bonds is 5. The third kappa shape index (κ3) is 2.60. The van der Waals surface area contributed by atoms with Crippen molar-refractivity contribution < 1.29 is 0 Å². The molecule has 4 nitrogen and oxygen atoms in total. The molecule has 3 aromatic rings. The summed E-state index contributed by atoms with van der Waals surface area (Å²) in [5.41, 5.74) is 3.83. The Hall–Kier alpha value is -2.07. The van der Waals surface area contributed by atoms with Crippen LogP contribution in [0.2, 0.25) is 0 Å². The largest absolute Gasteiger partial charge is 0.343 e. The van der Waals surface area contributed by atoms with Crippen molar-refractivity contribution in [2.75, 3.05) is 6.54 Å². The molecular weight excluding hydrogens is 248 g/mol. The van der Waals surface area contributed by atoms with Crippen LogP contribution in [0.15, 0.2) is 42.9 Å². The Bertz CT molecular complexity index is 708. The molecule has 0 bridgehead atoms. The molecule has 0 atom stereocenters. The summed E-state index contributed by atoms with van der Waals surface area (Å²) < 4.78 is 4.11. The van der Waals surface area contributed by atoms with E-state index in [1.807, 2.05) is 17.9 Å². The van der Waals surface area contributed by atoms with Gasteiger partial charge in [-0.15, -0.1) is 0 Å². The minimum atomic E-state index is 0.865. The van der Waals surface area contributed by atoms with Gasteiger partial charge in [-0.25, -0.2) is 0 Å². The van der Waals surface area contributed by atoms with E-state index in [1.165, 1.54) is 22.0 Å². The Morgan fingerprint density at radius 2 is 2.10 bits per heavy atom. The average Bonchev–Trinajstić information content (AvgIpc) is 3.04. The monoisotopic (exact) mass is 268 g/mol. The molecule has 0 radical (unpaired) electrons. The van der Waals surface area contributed by atoms with E-state index in [9.17, 15) is 0 Å². The van der Waals surface area contributed by atoms with E-state index < -0.39 is 0 Å². The lowest BCUT2D eigenvalue weighted by atomic mass is 10.1. The van der Waals surface area contributed by atoms with Gasteiger partial charge in [-0.3, -0.25) is 4.68 Å². The summed E-state index contributed by atoms with van der Waals surface area (Å²) in [6.07, 6.45) is 6.13. The molecule has 0 aliphatic carbocycles. The lowest BCUT2D eigenvalue weighted by Gasteiger charge is -2.05. The molecule has 3 rings (SSSR count). The second-order valence-corrected chi connectivity index (χ2v) is 5.14. The van der Waals surface area contributed by atoms with Gasteiger partial charge in [0.2, 0.25) is 0 Å². The fourth-order valence-electron chi connectivity index (χ4n) is 2.52. The highest BCUT2D eigenvalue weighted by Gasteiger charge is 2.04. The van der Waals surface area contributed by atoms with Crippen LogP contribution in [0.3, 0.4) is 0 Å². The van der Waals surface area contributed by atoms with Crippen LogP contribution in [-0.2, 0) is 20.1 Å². The Balaban J connectivity index is 1.85. The Morgan fingerprint density at radius 3 is 2.85 bits per heavy atom. The van der Waals surface area contributed by atoms with E-state index in [-0.39, 0.29) is 0 Å². The van der Waals surface area contributed by atoms with Crippen LogP contribution in [0.4, 0.5) is 0 Å². The molecule has 0 aliphatic heterocycles. The maximum atomic E-state index is 4.22. The molecule has 0 saturated carbocycles. The van der Waals surface area contributed by atoms with E-state index in [1.54, 1.807) is 0 Å². The molecule has 0 unspecified atom stereocenters. The molecule has 0 saturated heterocycles. The molecule has 2 aromatic heterocycles. The van der Waals surface area contributed by atoms with Gasteiger partial charge in [0.1, 0.15) is 0 Å². The summed E-state index contributed by atoms with van der Waals surface area (Å²) in [6, 6.07) is 8.85. The van der Waals surface area contributed by atoms with E-state index in [0.717, 1.165) is 19.6 Å². The topological polar surface area (TPSA) is 34.8 Å². The highest BCUT2D eigenvalue weighted by Crippen LogP contribution is 2.19. The summed E-state index contributed by atoms with van der Waals surface area (Å²) in [4.78, 5) is 0. The van der Waals surface area contributed by atoms with Crippen molar-refractivity contribution in [3.63, 3.8) is 0 Å². The summed E-state index contributed by atoms with van der Waals surface area (Å²) >= 11 is 0. The van der Waals surface area contributed by atoms with Gasteiger partial charge in [-0.2, -0.15) is 5.10 Å². The molecule has 20 heavy (non-hydrogen) atoms. The number of hydrogen-bond acceptors (Lipinski definition) is 2. The Morgan fingerprint density at radius 1 is 1.20 bits per heavy atom. The number of aryl methyl sites for hydroxylation is 1. The predicted octanol–water partition coefficient (Wildman–Crippen LogP) is 2.53. The number of nitrogens with zero attached hydrogens (tertiary/aromatic N) is 3. The third-order valence-corrected chi connectivity index (χ3v) is 3.53. The minimum Gasteiger partial charge on any atom is -0.343 e. The van der Waals surface area contributed by atoms with Crippen LogP contribution < -0.4 is 5.32 Å². The van der Waals surface area contributed by atoms with Crippen molar-refractivity contribution in [3.05, 3.63) is 54.0 Å². The first kappa shape index (κ1) is 12.9. The van der Waals surface area contributed by atoms with Gasteiger partial charge in [0.15, 0.2) is 0 Å². The number of benzene rings is 1. The highest BCUT2D eigenvalue weighted by atomic mass is 15.2. The van der Waals surface area contributed by atoms with Crippen LogP contribution in [0.25, 0.3) is 10.9 Å². The van der Waals surface area contributed by atoms with Crippen LogP contribution >= 0.6 is 0 Å². The molecule has 0 spiro atoms. The van der Waals surface area contributed by atoms with Gasteiger partial charge in [0, 0.05) is 37.1 Å². The lowest BCUT2D eigenvalue weighted by Crippen LogP contribution is -2.11. The van der Waals surface area contributed by atoms with Gasteiger partial charge in [0.05, 0.1) is 12.7 Å². The Kier molecular flexibility index (Phi) is 3.56. The molecule has 0 amide bonds. The van der Waals surface area contributed by atoms with E-state index in [4.69, 9.17) is 0 Å². The number of aromatic nitrogens is 3. The van der Waals surface area contributed by atoms with Crippen molar-refractivity contribution in [2.45, 2.75) is 20.0 Å². The zero-order valence-electron chi connectivity index (χ0n) is 12.0. The molecule has 1 N–H and O–H groups in total. The number of fused-ring (bicyclic) bond motifs is 1. The Labute approximate surface area is 119 Å². The lowest BCUT2D eigenvalue weighted by molar-refractivity contribution is 0.727. The van der Waals surface area contributed by atoms with Gasteiger partial charge in [-0.1, -0.05) is 13.0 Å². The second kappa shape index (κ2) is 5.51. The maximum Gasteiger partial charge on any atom is 0.0539 e. The number of hydrogen-bond donors (Lipinski definition) is 1. The highest BCUT2D eigenvalue weighted by molar-refractivity contribution is 5.81. The summed E-state index contributed by atoms with van der Waals surface area (Å²) in [5, 5.41) is 8.88. The smallest absolute Gasteiger partial charge is 0.0539 e. The fraction of sp³-hybridized carbons (Fsp3) is 0.312. The zero-order chi connectivity index (χ0) is 13.9. The van der Waals surface area contributed by atoms with Crippen molar-refractivity contribution in [3.8, 4) is 0 Å². The molecule has 2 heterocycles. The fourth-order valence-corrected chi connectivity index (χ4v) is 2.52. The van der Waals surface area contributed by atoms with Crippen molar-refractivity contribution in [1.29, 1.82) is 0 Å². The van der Waals surface area contributed by atoms with E-state index >= 15 is 0 Å². The maximum absolute atomic E-state index is 4.22. The molecule has 4 heteroatoms. The minimum absolute atomic E-state index is 0.865. The van der Waals surface area contributed by atoms with Crippen LogP contribution in [0, 0.1) is 0 Å². The first-order valence-electron chi connectivity index (χ1n) is 7.02. The molecular formula is C16H20N4. The third-order valence-electron chi connectivity index (χ3n) is 3.53. The molecule has 0 fully saturated rings. The van der Waals surface area contributed by atoms with Gasteiger partial charge in [-0.05, 0) is 35.7 Å². The van der Waals surface area contributed by atoms with Gasteiger partial charge >= 0.3 is 0 Å². The second-order valence-electron chi connectivity index (χ2n) is 5.14. The summed E-state index contributed by atoms with van der Waals surface area (Å²) in [5.74, 6) is 0.